The second kappa shape index (κ2) is 3.08. The topological polar surface area (TPSA) is 23.8 Å². The molecule has 1 aliphatic carbocycles. The minimum absolute atomic E-state index is 0.292. The monoisotopic (exact) mass is 143 g/mol. The smallest absolute Gasteiger partial charge is 0.0655 e. The van der Waals surface area contributed by atoms with Gasteiger partial charge in [-0.15, -0.1) is 11.6 Å². The van der Waals surface area contributed by atoms with Crippen LogP contribution >= 0.6 is 11.6 Å². The van der Waals surface area contributed by atoms with E-state index in [9.17, 15) is 0 Å². The standard InChI is InChI=1S/C7H10ClN/c8-7-3-1-6(5-9)2-4-7/h6-7H,1-4H2. The largest absolute Gasteiger partial charge is 0.198 e. The van der Waals surface area contributed by atoms with Crippen molar-refractivity contribution in [3.05, 3.63) is 0 Å². The van der Waals surface area contributed by atoms with Crippen LogP contribution in [-0.2, 0) is 0 Å². The van der Waals surface area contributed by atoms with E-state index in [1.54, 1.807) is 0 Å². The van der Waals surface area contributed by atoms with Gasteiger partial charge in [-0.2, -0.15) is 5.26 Å². The third-order valence-electron chi connectivity index (χ3n) is 1.84. The number of rotatable bonds is 0. The van der Waals surface area contributed by atoms with Gasteiger partial charge in [-0.3, -0.25) is 0 Å². The van der Waals surface area contributed by atoms with Crippen LogP contribution in [0.1, 0.15) is 25.7 Å². The van der Waals surface area contributed by atoms with Crippen molar-refractivity contribution >= 4 is 11.6 Å². The number of halogens is 1. The predicted octanol–water partition coefficient (Wildman–Crippen LogP) is 2.31. The van der Waals surface area contributed by atoms with Crippen LogP contribution in [0.3, 0.4) is 0 Å². The van der Waals surface area contributed by atoms with Crippen LogP contribution in [-0.4, -0.2) is 5.38 Å². The van der Waals surface area contributed by atoms with Crippen molar-refractivity contribution in [3.8, 4) is 6.07 Å². The highest BCUT2D eigenvalue weighted by atomic mass is 35.5. The maximum absolute atomic E-state index is 8.48. The molecule has 1 nitrogen and oxygen atoms in total. The summed E-state index contributed by atoms with van der Waals surface area (Å²) in [5.41, 5.74) is 0. The van der Waals surface area contributed by atoms with Gasteiger partial charge in [-0.05, 0) is 25.7 Å². The fourth-order valence-corrected chi connectivity index (χ4v) is 1.43. The Bertz CT molecular complexity index is 119. The van der Waals surface area contributed by atoms with Crippen LogP contribution in [0.25, 0.3) is 0 Å². The highest BCUT2D eigenvalue weighted by Gasteiger charge is 2.18. The zero-order valence-corrected chi connectivity index (χ0v) is 6.06. The molecule has 0 N–H and O–H groups in total. The Labute approximate surface area is 60.6 Å². The first kappa shape index (κ1) is 6.89. The number of alkyl halides is 1. The molecule has 0 unspecified atom stereocenters. The van der Waals surface area contributed by atoms with E-state index in [2.05, 4.69) is 6.07 Å². The molecule has 0 aromatic rings. The summed E-state index contributed by atoms with van der Waals surface area (Å²) in [6.45, 7) is 0. The van der Waals surface area contributed by atoms with E-state index in [1.807, 2.05) is 0 Å². The van der Waals surface area contributed by atoms with Crippen molar-refractivity contribution in [2.24, 2.45) is 5.92 Å². The second-order valence-electron chi connectivity index (χ2n) is 2.58. The molecule has 0 spiro atoms. The fourth-order valence-electron chi connectivity index (χ4n) is 1.18. The van der Waals surface area contributed by atoms with Gasteiger partial charge in [-0.25, -0.2) is 0 Å². The fraction of sp³-hybridized carbons (Fsp3) is 0.857. The van der Waals surface area contributed by atoms with E-state index in [0.29, 0.717) is 11.3 Å². The van der Waals surface area contributed by atoms with E-state index in [1.165, 1.54) is 0 Å². The molecule has 1 aliphatic rings. The minimum atomic E-state index is 0.292. The third-order valence-corrected chi connectivity index (χ3v) is 2.28. The molecule has 1 fully saturated rings. The van der Waals surface area contributed by atoms with E-state index in [-0.39, 0.29) is 0 Å². The molecule has 0 aromatic heterocycles. The summed E-state index contributed by atoms with van der Waals surface area (Å²) in [7, 11) is 0. The lowest BCUT2D eigenvalue weighted by atomic mass is 9.90. The number of nitrogens with zero attached hydrogens (tertiary/aromatic N) is 1. The average molecular weight is 144 g/mol. The van der Waals surface area contributed by atoms with Gasteiger partial charge in [0.2, 0.25) is 0 Å². The number of hydrogen-bond acceptors (Lipinski definition) is 1. The van der Waals surface area contributed by atoms with Crippen molar-refractivity contribution < 1.29 is 0 Å². The Morgan fingerprint density at radius 1 is 1.22 bits per heavy atom. The lowest BCUT2D eigenvalue weighted by molar-refractivity contribution is 0.432. The van der Waals surface area contributed by atoms with E-state index in [0.717, 1.165) is 25.7 Å². The Morgan fingerprint density at radius 3 is 2.22 bits per heavy atom. The maximum Gasteiger partial charge on any atom is 0.0655 e. The van der Waals surface area contributed by atoms with Gasteiger partial charge in [0.1, 0.15) is 0 Å². The van der Waals surface area contributed by atoms with Crippen LogP contribution in [0.2, 0.25) is 0 Å². The van der Waals surface area contributed by atoms with Crippen LogP contribution in [0.15, 0.2) is 0 Å². The average Bonchev–Trinajstić information content (AvgIpc) is 1.90. The molecule has 0 amide bonds. The molecule has 1 rings (SSSR count). The molecule has 2 heteroatoms. The molecule has 9 heavy (non-hydrogen) atoms. The molecule has 1 saturated carbocycles. The molecule has 0 aliphatic heterocycles. The molecular formula is C7H10ClN. The van der Waals surface area contributed by atoms with Crippen molar-refractivity contribution in [2.45, 2.75) is 31.1 Å². The zero-order chi connectivity index (χ0) is 6.69. The number of nitriles is 1. The van der Waals surface area contributed by atoms with E-state index < -0.39 is 0 Å². The molecule has 0 aromatic carbocycles. The van der Waals surface area contributed by atoms with Gasteiger partial charge in [0.25, 0.3) is 0 Å². The maximum atomic E-state index is 8.48. The summed E-state index contributed by atoms with van der Waals surface area (Å²) in [5, 5.41) is 8.83. The van der Waals surface area contributed by atoms with Gasteiger partial charge >= 0.3 is 0 Å². The van der Waals surface area contributed by atoms with Gasteiger partial charge in [-0.1, -0.05) is 0 Å². The van der Waals surface area contributed by atoms with Crippen molar-refractivity contribution in [1.29, 1.82) is 5.26 Å². The van der Waals surface area contributed by atoms with Crippen LogP contribution < -0.4 is 0 Å². The molecule has 0 bridgehead atoms. The van der Waals surface area contributed by atoms with E-state index >= 15 is 0 Å². The highest BCUT2D eigenvalue weighted by Crippen LogP contribution is 2.26. The van der Waals surface area contributed by atoms with Crippen LogP contribution in [0.5, 0.6) is 0 Å². The predicted molar refractivity (Wildman–Crippen MR) is 37.2 cm³/mol. The Kier molecular flexibility index (Phi) is 2.36. The first-order valence-electron chi connectivity index (χ1n) is 3.36. The minimum Gasteiger partial charge on any atom is -0.198 e. The summed E-state index contributed by atoms with van der Waals surface area (Å²) >= 11 is 5.83. The highest BCUT2D eigenvalue weighted by molar-refractivity contribution is 6.20. The zero-order valence-electron chi connectivity index (χ0n) is 5.31. The molecule has 0 heterocycles. The van der Waals surface area contributed by atoms with Gasteiger partial charge < -0.3 is 0 Å². The van der Waals surface area contributed by atoms with Crippen molar-refractivity contribution in [3.63, 3.8) is 0 Å². The summed E-state index contributed by atoms with van der Waals surface area (Å²) in [5.74, 6) is 0.292. The summed E-state index contributed by atoms with van der Waals surface area (Å²) < 4.78 is 0. The van der Waals surface area contributed by atoms with Crippen LogP contribution in [0.4, 0.5) is 0 Å². The molecule has 0 saturated heterocycles. The Balaban J connectivity index is 2.28. The van der Waals surface area contributed by atoms with Gasteiger partial charge in [0.15, 0.2) is 0 Å². The van der Waals surface area contributed by atoms with E-state index in [4.69, 9.17) is 16.9 Å². The quantitative estimate of drug-likeness (QED) is 0.478. The first-order chi connectivity index (χ1) is 4.33. The molecule has 0 radical (unpaired) electrons. The summed E-state index contributed by atoms with van der Waals surface area (Å²) in [4.78, 5) is 0. The van der Waals surface area contributed by atoms with Crippen LogP contribution in [0, 0.1) is 17.2 Å². The molecule has 50 valence electrons. The lowest BCUT2D eigenvalue weighted by Gasteiger charge is -2.18. The molecule has 0 atom stereocenters. The third kappa shape index (κ3) is 1.87. The SMILES string of the molecule is N#CC1CCC(Cl)CC1. The number of hydrogen-bond donors (Lipinski definition) is 0. The first-order valence-corrected chi connectivity index (χ1v) is 3.80. The Morgan fingerprint density at radius 2 is 1.78 bits per heavy atom. The normalized spacial score (nSPS) is 35.6. The summed E-state index contributed by atoms with van der Waals surface area (Å²) in [6, 6.07) is 2.27. The van der Waals surface area contributed by atoms with Crippen molar-refractivity contribution in [2.75, 3.05) is 0 Å². The summed E-state index contributed by atoms with van der Waals surface area (Å²) in [6.07, 6.45) is 4.06. The van der Waals surface area contributed by atoms with Gasteiger partial charge in [0, 0.05) is 11.3 Å². The van der Waals surface area contributed by atoms with Crippen molar-refractivity contribution in [1.82, 2.24) is 0 Å². The Hall–Kier alpha value is -0.220. The lowest BCUT2D eigenvalue weighted by Crippen LogP contribution is -2.12. The second-order valence-corrected chi connectivity index (χ2v) is 3.20. The van der Waals surface area contributed by atoms with Gasteiger partial charge in [0.05, 0.1) is 6.07 Å². The molecular weight excluding hydrogens is 134 g/mol.